The Labute approximate surface area is 114 Å². The van der Waals surface area contributed by atoms with Crippen LogP contribution in [-0.4, -0.2) is 16.1 Å². The highest BCUT2D eigenvalue weighted by Gasteiger charge is 2.11. The molecule has 0 atom stereocenters. The Bertz CT molecular complexity index is 501. The standard InChI is InChI=1S/C15H22N4/c1-3-10-19(15-17-9-11-18(15)4-2)12-13-5-7-14(16)8-6-13/h5-9,11H,3-4,10,12,16H2,1-2H3. The first-order chi connectivity index (χ1) is 9.24. The Morgan fingerprint density at radius 3 is 2.58 bits per heavy atom. The van der Waals surface area contributed by atoms with E-state index in [0.29, 0.717) is 0 Å². The van der Waals surface area contributed by atoms with E-state index in [0.717, 1.165) is 37.7 Å². The van der Waals surface area contributed by atoms with Crippen molar-refractivity contribution < 1.29 is 0 Å². The Balaban J connectivity index is 2.18. The van der Waals surface area contributed by atoms with E-state index in [4.69, 9.17) is 5.73 Å². The average molecular weight is 258 g/mol. The molecule has 4 heteroatoms. The lowest BCUT2D eigenvalue weighted by Gasteiger charge is -2.24. The summed E-state index contributed by atoms with van der Waals surface area (Å²) in [4.78, 5) is 6.80. The van der Waals surface area contributed by atoms with Gasteiger partial charge in [-0.15, -0.1) is 0 Å². The van der Waals surface area contributed by atoms with Crippen molar-refractivity contribution in [2.24, 2.45) is 0 Å². The van der Waals surface area contributed by atoms with Gasteiger partial charge in [-0.1, -0.05) is 19.1 Å². The van der Waals surface area contributed by atoms with E-state index in [1.165, 1.54) is 5.56 Å². The van der Waals surface area contributed by atoms with Gasteiger partial charge in [-0.25, -0.2) is 4.98 Å². The van der Waals surface area contributed by atoms with Gasteiger partial charge in [0.1, 0.15) is 0 Å². The van der Waals surface area contributed by atoms with E-state index in [2.05, 4.69) is 40.4 Å². The number of nitrogen functional groups attached to an aromatic ring is 1. The van der Waals surface area contributed by atoms with Crippen molar-refractivity contribution in [1.82, 2.24) is 9.55 Å². The van der Waals surface area contributed by atoms with Crippen LogP contribution in [0.4, 0.5) is 11.6 Å². The number of imidazole rings is 1. The van der Waals surface area contributed by atoms with Crippen LogP contribution in [0, 0.1) is 0 Å². The van der Waals surface area contributed by atoms with Crippen molar-refractivity contribution in [2.75, 3.05) is 17.2 Å². The van der Waals surface area contributed by atoms with Gasteiger partial charge in [-0.3, -0.25) is 0 Å². The first kappa shape index (κ1) is 13.5. The van der Waals surface area contributed by atoms with Crippen molar-refractivity contribution in [3.8, 4) is 0 Å². The number of benzene rings is 1. The number of aromatic nitrogens is 2. The molecule has 1 aromatic heterocycles. The molecule has 0 radical (unpaired) electrons. The maximum atomic E-state index is 5.73. The summed E-state index contributed by atoms with van der Waals surface area (Å²) in [5.74, 6) is 1.04. The van der Waals surface area contributed by atoms with Crippen molar-refractivity contribution in [3.63, 3.8) is 0 Å². The molecule has 0 unspecified atom stereocenters. The Kier molecular flexibility index (Phi) is 4.44. The monoisotopic (exact) mass is 258 g/mol. The highest BCUT2D eigenvalue weighted by molar-refractivity contribution is 5.41. The second kappa shape index (κ2) is 6.27. The number of nitrogens with zero attached hydrogens (tertiary/aromatic N) is 3. The van der Waals surface area contributed by atoms with Gasteiger partial charge >= 0.3 is 0 Å². The van der Waals surface area contributed by atoms with Crippen LogP contribution >= 0.6 is 0 Å². The smallest absolute Gasteiger partial charge is 0.205 e. The van der Waals surface area contributed by atoms with Gasteiger partial charge < -0.3 is 15.2 Å². The maximum Gasteiger partial charge on any atom is 0.205 e. The van der Waals surface area contributed by atoms with Crippen LogP contribution in [0.3, 0.4) is 0 Å². The van der Waals surface area contributed by atoms with E-state index in [1.807, 2.05) is 24.5 Å². The topological polar surface area (TPSA) is 47.1 Å². The summed E-state index contributed by atoms with van der Waals surface area (Å²) < 4.78 is 2.17. The summed E-state index contributed by atoms with van der Waals surface area (Å²) in [7, 11) is 0. The lowest BCUT2D eigenvalue weighted by atomic mass is 10.2. The molecule has 2 rings (SSSR count). The quantitative estimate of drug-likeness (QED) is 0.810. The number of hydrogen-bond donors (Lipinski definition) is 1. The molecule has 0 saturated carbocycles. The summed E-state index contributed by atoms with van der Waals surface area (Å²) in [5.41, 5.74) is 7.79. The second-order valence-electron chi connectivity index (χ2n) is 4.68. The van der Waals surface area contributed by atoms with Gasteiger partial charge in [0, 0.05) is 37.7 Å². The third-order valence-electron chi connectivity index (χ3n) is 3.16. The first-order valence-electron chi connectivity index (χ1n) is 6.85. The molecule has 0 aliphatic rings. The van der Waals surface area contributed by atoms with Gasteiger partial charge in [0.15, 0.2) is 0 Å². The number of nitrogens with two attached hydrogens (primary N) is 1. The van der Waals surface area contributed by atoms with Crippen LogP contribution in [0.2, 0.25) is 0 Å². The fraction of sp³-hybridized carbons (Fsp3) is 0.400. The molecule has 1 heterocycles. The summed E-state index contributed by atoms with van der Waals surface area (Å²) in [5, 5.41) is 0. The summed E-state index contributed by atoms with van der Waals surface area (Å²) in [6, 6.07) is 8.06. The minimum atomic E-state index is 0.806. The van der Waals surface area contributed by atoms with Crippen molar-refractivity contribution in [1.29, 1.82) is 0 Å². The zero-order chi connectivity index (χ0) is 13.7. The Morgan fingerprint density at radius 2 is 1.95 bits per heavy atom. The van der Waals surface area contributed by atoms with Gasteiger partial charge in [-0.05, 0) is 31.0 Å². The summed E-state index contributed by atoms with van der Waals surface area (Å²) >= 11 is 0. The normalized spacial score (nSPS) is 10.6. The Hall–Kier alpha value is -1.97. The zero-order valence-electron chi connectivity index (χ0n) is 11.7. The fourth-order valence-electron chi connectivity index (χ4n) is 2.19. The van der Waals surface area contributed by atoms with Crippen molar-refractivity contribution in [2.45, 2.75) is 33.4 Å². The Morgan fingerprint density at radius 1 is 1.21 bits per heavy atom. The van der Waals surface area contributed by atoms with Crippen LogP contribution < -0.4 is 10.6 Å². The van der Waals surface area contributed by atoms with E-state index >= 15 is 0 Å². The highest BCUT2D eigenvalue weighted by atomic mass is 15.3. The predicted octanol–water partition coefficient (Wildman–Crippen LogP) is 2.90. The van der Waals surface area contributed by atoms with E-state index in [9.17, 15) is 0 Å². The zero-order valence-corrected chi connectivity index (χ0v) is 11.7. The molecule has 0 fully saturated rings. The minimum absolute atomic E-state index is 0.806. The molecule has 0 aliphatic carbocycles. The van der Waals surface area contributed by atoms with Crippen LogP contribution in [0.5, 0.6) is 0 Å². The molecular weight excluding hydrogens is 236 g/mol. The largest absolute Gasteiger partial charge is 0.399 e. The SMILES string of the molecule is CCCN(Cc1ccc(N)cc1)c1nccn1CC. The van der Waals surface area contributed by atoms with E-state index in [1.54, 1.807) is 0 Å². The molecule has 2 N–H and O–H groups in total. The first-order valence-corrected chi connectivity index (χ1v) is 6.85. The molecule has 19 heavy (non-hydrogen) atoms. The average Bonchev–Trinajstić information content (AvgIpc) is 2.89. The van der Waals surface area contributed by atoms with Crippen molar-refractivity contribution in [3.05, 3.63) is 42.2 Å². The second-order valence-corrected chi connectivity index (χ2v) is 4.68. The number of anilines is 2. The third kappa shape index (κ3) is 3.28. The van der Waals surface area contributed by atoms with Crippen LogP contribution in [0.25, 0.3) is 0 Å². The minimum Gasteiger partial charge on any atom is -0.399 e. The number of hydrogen-bond acceptors (Lipinski definition) is 3. The lowest BCUT2D eigenvalue weighted by molar-refractivity contribution is 0.679. The summed E-state index contributed by atoms with van der Waals surface area (Å²) in [6.45, 7) is 7.14. The molecule has 0 aliphatic heterocycles. The van der Waals surface area contributed by atoms with Crippen molar-refractivity contribution >= 4 is 11.6 Å². The molecule has 2 aromatic rings. The molecule has 4 nitrogen and oxygen atoms in total. The van der Waals surface area contributed by atoms with E-state index < -0.39 is 0 Å². The van der Waals surface area contributed by atoms with Crippen LogP contribution in [0.1, 0.15) is 25.8 Å². The molecule has 0 amide bonds. The van der Waals surface area contributed by atoms with Crippen LogP contribution in [-0.2, 0) is 13.1 Å². The number of rotatable bonds is 6. The molecular formula is C15H22N4. The lowest BCUT2D eigenvalue weighted by Crippen LogP contribution is -2.26. The van der Waals surface area contributed by atoms with Gasteiger partial charge in [0.2, 0.25) is 5.95 Å². The molecule has 0 saturated heterocycles. The van der Waals surface area contributed by atoms with Crippen LogP contribution in [0.15, 0.2) is 36.7 Å². The summed E-state index contributed by atoms with van der Waals surface area (Å²) in [6.07, 6.45) is 5.00. The fourth-order valence-corrected chi connectivity index (χ4v) is 2.19. The molecule has 0 spiro atoms. The molecule has 1 aromatic carbocycles. The highest BCUT2D eigenvalue weighted by Crippen LogP contribution is 2.16. The van der Waals surface area contributed by atoms with Gasteiger partial charge in [0.05, 0.1) is 0 Å². The van der Waals surface area contributed by atoms with Gasteiger partial charge in [-0.2, -0.15) is 0 Å². The number of aryl methyl sites for hydroxylation is 1. The molecule has 0 bridgehead atoms. The maximum absolute atomic E-state index is 5.73. The van der Waals surface area contributed by atoms with E-state index in [-0.39, 0.29) is 0 Å². The molecule has 102 valence electrons. The third-order valence-corrected chi connectivity index (χ3v) is 3.16. The van der Waals surface area contributed by atoms with Gasteiger partial charge in [0.25, 0.3) is 0 Å². The predicted molar refractivity (Wildman–Crippen MR) is 80.1 cm³/mol.